The van der Waals surface area contributed by atoms with Gasteiger partial charge in [0.2, 0.25) is 11.8 Å². The van der Waals surface area contributed by atoms with Crippen molar-refractivity contribution in [2.75, 3.05) is 6.61 Å². The SMILES string of the molecule is CCCC(C)NC(=O)C(c1cccc(C)c1O)N(C(=O)C(CO)NC(=O)OC(C)(C)C)C1CC1C. The highest BCUT2D eigenvalue weighted by Crippen LogP contribution is 2.42. The molecule has 0 aliphatic heterocycles. The fraction of sp³-hybridized carbons (Fsp3) is 0.654. The quantitative estimate of drug-likeness (QED) is 0.398. The van der Waals surface area contributed by atoms with Crippen molar-refractivity contribution in [1.29, 1.82) is 0 Å². The Bertz CT molecular complexity index is 913. The summed E-state index contributed by atoms with van der Waals surface area (Å²) in [4.78, 5) is 41.1. The van der Waals surface area contributed by atoms with Gasteiger partial charge in [-0.2, -0.15) is 0 Å². The first-order valence-corrected chi connectivity index (χ1v) is 12.3. The van der Waals surface area contributed by atoms with Gasteiger partial charge in [0.25, 0.3) is 0 Å². The van der Waals surface area contributed by atoms with Crippen molar-refractivity contribution in [3.05, 3.63) is 29.3 Å². The third kappa shape index (κ3) is 7.59. The third-order valence-corrected chi connectivity index (χ3v) is 6.05. The van der Waals surface area contributed by atoms with Crippen molar-refractivity contribution in [2.24, 2.45) is 5.92 Å². The van der Waals surface area contributed by atoms with Crippen LogP contribution in [-0.4, -0.2) is 63.4 Å². The first kappa shape index (κ1) is 28.4. The lowest BCUT2D eigenvalue weighted by Crippen LogP contribution is -2.55. The Hall–Kier alpha value is -2.81. The van der Waals surface area contributed by atoms with Crippen LogP contribution in [0.5, 0.6) is 5.75 Å². The minimum absolute atomic E-state index is 0.0671. The van der Waals surface area contributed by atoms with Gasteiger partial charge in [-0.1, -0.05) is 38.5 Å². The molecule has 4 N–H and O–H groups in total. The van der Waals surface area contributed by atoms with E-state index in [0.29, 0.717) is 17.5 Å². The standard InChI is InChI=1S/C26H41N3O6/c1-8-10-17(4)27-23(32)21(18-12-9-11-15(2)22(18)31)29(20-13-16(20)3)24(33)19(14-30)28-25(34)35-26(5,6)7/h9,11-12,16-17,19-21,30-31H,8,10,13-14H2,1-7H3,(H,27,32)(H,28,34). The van der Waals surface area contributed by atoms with Crippen molar-refractivity contribution in [1.82, 2.24) is 15.5 Å². The van der Waals surface area contributed by atoms with E-state index in [1.807, 2.05) is 20.8 Å². The summed E-state index contributed by atoms with van der Waals surface area (Å²) < 4.78 is 5.25. The summed E-state index contributed by atoms with van der Waals surface area (Å²) in [6, 6.07) is 2.21. The second kappa shape index (κ2) is 11.7. The highest BCUT2D eigenvalue weighted by Gasteiger charge is 2.49. The number of para-hydroxylation sites is 1. The number of benzene rings is 1. The lowest BCUT2D eigenvalue weighted by Gasteiger charge is -2.35. The molecular weight excluding hydrogens is 450 g/mol. The second-order valence-corrected chi connectivity index (χ2v) is 10.5. The number of nitrogens with zero attached hydrogens (tertiary/aromatic N) is 1. The number of carbonyl (C=O) groups is 3. The maximum atomic E-state index is 13.8. The van der Waals surface area contributed by atoms with Gasteiger partial charge in [-0.05, 0) is 58.9 Å². The fourth-order valence-corrected chi connectivity index (χ4v) is 4.13. The Balaban J connectivity index is 2.48. The van der Waals surface area contributed by atoms with Gasteiger partial charge in [0.05, 0.1) is 6.61 Å². The number of aliphatic hydroxyl groups excluding tert-OH is 1. The average molecular weight is 492 g/mol. The van der Waals surface area contributed by atoms with Gasteiger partial charge in [-0.25, -0.2) is 4.79 Å². The maximum Gasteiger partial charge on any atom is 0.408 e. The predicted octanol–water partition coefficient (Wildman–Crippen LogP) is 3.17. The van der Waals surface area contributed by atoms with E-state index in [9.17, 15) is 24.6 Å². The number of carbonyl (C=O) groups excluding carboxylic acids is 3. The number of rotatable bonds is 10. The smallest absolute Gasteiger partial charge is 0.408 e. The fourth-order valence-electron chi connectivity index (χ4n) is 4.13. The number of alkyl carbamates (subject to hydrolysis) is 1. The van der Waals surface area contributed by atoms with Crippen LogP contribution in [0, 0.1) is 12.8 Å². The molecule has 1 aliphatic carbocycles. The van der Waals surface area contributed by atoms with Crippen LogP contribution in [0.25, 0.3) is 0 Å². The van der Waals surface area contributed by atoms with Gasteiger partial charge in [-0.3, -0.25) is 9.59 Å². The lowest BCUT2D eigenvalue weighted by molar-refractivity contribution is -0.144. The van der Waals surface area contributed by atoms with E-state index in [-0.39, 0.29) is 23.8 Å². The van der Waals surface area contributed by atoms with E-state index in [1.54, 1.807) is 45.9 Å². The van der Waals surface area contributed by atoms with Gasteiger partial charge in [0.1, 0.15) is 23.4 Å². The number of aryl methyl sites for hydroxylation is 1. The number of ether oxygens (including phenoxy) is 1. The Labute approximate surface area is 208 Å². The van der Waals surface area contributed by atoms with E-state index in [2.05, 4.69) is 10.6 Å². The number of nitrogens with one attached hydrogen (secondary N) is 2. The predicted molar refractivity (Wildman–Crippen MR) is 133 cm³/mol. The highest BCUT2D eigenvalue weighted by molar-refractivity contribution is 5.93. The Morgan fingerprint density at radius 3 is 2.37 bits per heavy atom. The third-order valence-electron chi connectivity index (χ3n) is 6.05. The van der Waals surface area contributed by atoms with Crippen LogP contribution in [0.1, 0.15) is 78.0 Å². The minimum atomic E-state index is -1.31. The molecule has 0 heterocycles. The zero-order chi connectivity index (χ0) is 26.5. The van der Waals surface area contributed by atoms with E-state index < -0.39 is 42.2 Å². The van der Waals surface area contributed by atoms with Gasteiger partial charge in [0, 0.05) is 17.6 Å². The summed E-state index contributed by atoms with van der Waals surface area (Å²) in [5.74, 6) is -0.983. The average Bonchev–Trinajstić information content (AvgIpc) is 3.46. The monoisotopic (exact) mass is 491 g/mol. The summed E-state index contributed by atoms with van der Waals surface area (Å²) in [6.45, 7) is 12.0. The van der Waals surface area contributed by atoms with Crippen molar-refractivity contribution in [2.45, 2.75) is 97.5 Å². The van der Waals surface area contributed by atoms with Crippen LogP contribution in [0.3, 0.4) is 0 Å². The van der Waals surface area contributed by atoms with Crippen LogP contribution >= 0.6 is 0 Å². The molecule has 9 heteroatoms. The zero-order valence-corrected chi connectivity index (χ0v) is 21.9. The topological polar surface area (TPSA) is 128 Å². The number of aliphatic hydroxyl groups is 1. The first-order chi connectivity index (χ1) is 16.3. The molecule has 0 radical (unpaired) electrons. The van der Waals surface area contributed by atoms with Crippen LogP contribution in [0.4, 0.5) is 4.79 Å². The van der Waals surface area contributed by atoms with Crippen LogP contribution in [-0.2, 0) is 14.3 Å². The molecule has 0 bridgehead atoms. The summed E-state index contributed by atoms with van der Waals surface area (Å²) >= 11 is 0. The molecule has 5 atom stereocenters. The van der Waals surface area contributed by atoms with Crippen molar-refractivity contribution < 1.29 is 29.3 Å². The Morgan fingerprint density at radius 1 is 1.23 bits per heavy atom. The molecule has 0 aromatic heterocycles. The van der Waals surface area contributed by atoms with Crippen molar-refractivity contribution in [3.63, 3.8) is 0 Å². The Kier molecular flexibility index (Phi) is 9.54. The summed E-state index contributed by atoms with van der Waals surface area (Å²) in [7, 11) is 0. The van der Waals surface area contributed by atoms with Crippen LogP contribution < -0.4 is 10.6 Å². The maximum absolute atomic E-state index is 13.8. The summed E-state index contributed by atoms with van der Waals surface area (Å²) in [5.41, 5.74) is 0.0829. The lowest BCUT2D eigenvalue weighted by atomic mass is 9.98. The Morgan fingerprint density at radius 2 is 1.86 bits per heavy atom. The van der Waals surface area contributed by atoms with Crippen molar-refractivity contribution >= 4 is 17.9 Å². The molecule has 5 unspecified atom stereocenters. The van der Waals surface area contributed by atoms with Gasteiger partial charge in [0.15, 0.2) is 0 Å². The molecule has 1 aliphatic rings. The van der Waals surface area contributed by atoms with E-state index in [1.165, 1.54) is 4.90 Å². The van der Waals surface area contributed by atoms with Gasteiger partial charge < -0.3 is 30.5 Å². The summed E-state index contributed by atoms with van der Waals surface area (Å²) in [5, 5.41) is 26.3. The molecule has 196 valence electrons. The van der Waals surface area contributed by atoms with Crippen LogP contribution in [0.15, 0.2) is 18.2 Å². The number of hydrogen-bond acceptors (Lipinski definition) is 6. The number of phenolic OH excluding ortho intramolecular Hbond substituents is 1. The van der Waals surface area contributed by atoms with Gasteiger partial charge >= 0.3 is 6.09 Å². The molecule has 35 heavy (non-hydrogen) atoms. The molecule has 1 aromatic rings. The highest BCUT2D eigenvalue weighted by atomic mass is 16.6. The molecule has 2 rings (SSSR count). The number of phenols is 1. The molecule has 3 amide bonds. The molecule has 1 fully saturated rings. The van der Waals surface area contributed by atoms with Crippen LogP contribution in [0.2, 0.25) is 0 Å². The number of amides is 3. The molecule has 9 nitrogen and oxygen atoms in total. The van der Waals surface area contributed by atoms with Crippen molar-refractivity contribution in [3.8, 4) is 5.75 Å². The summed E-state index contributed by atoms with van der Waals surface area (Å²) in [6.07, 6.45) is 1.45. The normalized spacial score (nSPS) is 19.8. The number of aromatic hydroxyl groups is 1. The zero-order valence-electron chi connectivity index (χ0n) is 21.9. The number of hydrogen-bond donors (Lipinski definition) is 4. The molecule has 1 saturated carbocycles. The largest absolute Gasteiger partial charge is 0.507 e. The van der Waals surface area contributed by atoms with E-state index >= 15 is 0 Å². The molecule has 0 saturated heterocycles. The molecule has 1 aromatic carbocycles. The van der Waals surface area contributed by atoms with Gasteiger partial charge in [-0.15, -0.1) is 0 Å². The van der Waals surface area contributed by atoms with E-state index in [0.717, 1.165) is 12.8 Å². The second-order valence-electron chi connectivity index (χ2n) is 10.5. The minimum Gasteiger partial charge on any atom is -0.507 e. The molecular formula is C26H41N3O6. The molecule has 0 spiro atoms. The first-order valence-electron chi connectivity index (χ1n) is 12.3. The van der Waals surface area contributed by atoms with E-state index in [4.69, 9.17) is 4.74 Å².